The first-order chi connectivity index (χ1) is 14.2. The summed E-state index contributed by atoms with van der Waals surface area (Å²) in [6, 6.07) is 12.1. The maximum Gasteiger partial charge on any atom is 0.282 e. The predicted molar refractivity (Wildman–Crippen MR) is 114 cm³/mol. The molecular formula is C22H27N5O2. The number of ether oxygens (including phenoxy) is 1. The number of hydrogen-bond donors (Lipinski definition) is 2. The molecule has 29 heavy (non-hydrogen) atoms. The number of carbonyl (C=O) groups excluding carboxylic acids is 1. The lowest BCUT2D eigenvalue weighted by Gasteiger charge is -2.27. The first-order valence-electron chi connectivity index (χ1n) is 10.2. The van der Waals surface area contributed by atoms with Gasteiger partial charge in [0.2, 0.25) is 0 Å². The maximum atomic E-state index is 12.5. The van der Waals surface area contributed by atoms with Crippen molar-refractivity contribution in [2.24, 2.45) is 10.7 Å². The molecule has 1 atom stereocenters. The molecule has 1 fully saturated rings. The van der Waals surface area contributed by atoms with E-state index in [0.29, 0.717) is 12.2 Å². The van der Waals surface area contributed by atoms with Gasteiger partial charge in [-0.3, -0.25) is 4.79 Å². The largest absolute Gasteiger partial charge is 0.463 e. The number of rotatable bonds is 6. The Balaban J connectivity index is 1.29. The number of aromatic nitrogens is 1. The molecular weight excluding hydrogens is 366 g/mol. The minimum absolute atomic E-state index is 0.134. The van der Waals surface area contributed by atoms with Crippen molar-refractivity contribution in [3.05, 3.63) is 53.7 Å². The number of benzene rings is 1. The molecule has 1 amide bonds. The zero-order valence-electron chi connectivity index (χ0n) is 16.5. The number of aryl methyl sites for hydroxylation is 1. The third-order valence-corrected chi connectivity index (χ3v) is 5.40. The van der Waals surface area contributed by atoms with Crippen molar-refractivity contribution in [3.63, 3.8) is 0 Å². The molecule has 152 valence electrons. The van der Waals surface area contributed by atoms with Gasteiger partial charge in [0, 0.05) is 25.0 Å². The van der Waals surface area contributed by atoms with Crippen LogP contribution in [0.25, 0.3) is 0 Å². The molecule has 7 heteroatoms. The van der Waals surface area contributed by atoms with Crippen molar-refractivity contribution in [1.29, 1.82) is 0 Å². The minimum Gasteiger partial charge on any atom is -0.463 e. The van der Waals surface area contributed by atoms with Crippen molar-refractivity contribution in [1.82, 2.24) is 4.98 Å². The summed E-state index contributed by atoms with van der Waals surface area (Å²) in [6.07, 6.45) is 7.13. The van der Waals surface area contributed by atoms with E-state index >= 15 is 0 Å². The number of amides is 1. The third kappa shape index (κ3) is 5.04. The number of nitrogens with two attached hydrogens (primary N) is 1. The molecule has 3 heterocycles. The lowest BCUT2D eigenvalue weighted by Crippen LogP contribution is -2.30. The fraction of sp³-hybridized carbons (Fsp3) is 0.409. The van der Waals surface area contributed by atoms with Crippen molar-refractivity contribution < 1.29 is 9.53 Å². The van der Waals surface area contributed by atoms with Gasteiger partial charge in [0.15, 0.2) is 0 Å². The van der Waals surface area contributed by atoms with Crippen LogP contribution in [0.4, 0.5) is 11.5 Å². The Hall–Kier alpha value is -3.09. The van der Waals surface area contributed by atoms with Gasteiger partial charge in [-0.25, -0.2) is 9.98 Å². The maximum absolute atomic E-state index is 12.5. The summed E-state index contributed by atoms with van der Waals surface area (Å²) in [7, 11) is 0. The molecule has 0 radical (unpaired) electrons. The van der Waals surface area contributed by atoms with Crippen LogP contribution in [-0.2, 0) is 11.2 Å². The molecule has 7 nitrogen and oxygen atoms in total. The van der Waals surface area contributed by atoms with Gasteiger partial charge in [0.05, 0.1) is 11.6 Å². The molecule has 2 aliphatic rings. The lowest BCUT2D eigenvalue weighted by atomic mass is 10.1. The number of hydrogen-bond acceptors (Lipinski definition) is 6. The summed E-state index contributed by atoms with van der Waals surface area (Å²) in [5, 5.41) is 2.94. The Morgan fingerprint density at radius 2 is 1.93 bits per heavy atom. The van der Waals surface area contributed by atoms with Crippen LogP contribution in [-0.4, -0.2) is 42.7 Å². The van der Waals surface area contributed by atoms with Gasteiger partial charge in [-0.2, -0.15) is 0 Å². The number of pyridine rings is 1. The van der Waals surface area contributed by atoms with Gasteiger partial charge < -0.3 is 20.7 Å². The number of aliphatic imine (C=N–C) groups is 1. The van der Waals surface area contributed by atoms with Crippen LogP contribution in [0.5, 0.6) is 0 Å². The Bertz CT molecular complexity index is 858. The fourth-order valence-corrected chi connectivity index (χ4v) is 3.71. The molecule has 0 spiro atoms. The van der Waals surface area contributed by atoms with Gasteiger partial charge >= 0.3 is 0 Å². The topological polar surface area (TPSA) is 92.8 Å². The molecule has 1 aromatic carbocycles. The molecule has 3 N–H and O–H groups in total. The van der Waals surface area contributed by atoms with Crippen LogP contribution >= 0.6 is 0 Å². The average molecular weight is 393 g/mol. The van der Waals surface area contributed by atoms with E-state index in [1.165, 1.54) is 24.8 Å². The SMILES string of the molecule is NC1=NC(CCc2ccc(NC(=O)c3ccc(N4CCCCC4)nc3)cc2)CO1. The first kappa shape index (κ1) is 19.2. The van der Waals surface area contributed by atoms with Crippen molar-refractivity contribution in [2.75, 3.05) is 29.9 Å². The normalized spacial score (nSPS) is 18.8. The van der Waals surface area contributed by atoms with E-state index in [2.05, 4.69) is 20.2 Å². The van der Waals surface area contributed by atoms with E-state index in [1.54, 1.807) is 6.20 Å². The van der Waals surface area contributed by atoms with Gasteiger partial charge in [0.1, 0.15) is 12.4 Å². The van der Waals surface area contributed by atoms with Crippen molar-refractivity contribution >= 4 is 23.4 Å². The van der Waals surface area contributed by atoms with E-state index in [1.807, 2.05) is 36.4 Å². The molecule has 1 aromatic heterocycles. The quantitative estimate of drug-likeness (QED) is 0.787. The highest BCUT2D eigenvalue weighted by Gasteiger charge is 2.16. The number of nitrogens with one attached hydrogen (secondary N) is 1. The molecule has 2 aliphatic heterocycles. The van der Waals surface area contributed by atoms with Gasteiger partial charge in [-0.05, 0) is 61.9 Å². The Kier molecular flexibility index (Phi) is 5.93. The second-order valence-corrected chi connectivity index (χ2v) is 7.57. The highest BCUT2D eigenvalue weighted by Crippen LogP contribution is 2.19. The standard InChI is InChI=1S/C22H27N5O2/c23-22-26-19(15-29-22)10-6-16-4-8-18(9-5-16)25-21(28)17-7-11-20(24-14-17)27-12-2-1-3-13-27/h4-5,7-9,11,14,19H,1-3,6,10,12-13,15H2,(H2,23,26)(H,25,28). The van der Waals surface area contributed by atoms with Crippen LogP contribution in [0.1, 0.15) is 41.6 Å². The number of amidine groups is 1. The number of piperidine rings is 1. The summed E-state index contributed by atoms with van der Waals surface area (Å²) < 4.78 is 5.17. The number of nitrogens with zero attached hydrogens (tertiary/aromatic N) is 3. The minimum atomic E-state index is -0.150. The Morgan fingerprint density at radius 3 is 2.59 bits per heavy atom. The molecule has 0 bridgehead atoms. The van der Waals surface area contributed by atoms with Crippen LogP contribution in [0.3, 0.4) is 0 Å². The van der Waals surface area contributed by atoms with Crippen LogP contribution < -0.4 is 16.0 Å². The van der Waals surface area contributed by atoms with Crippen LogP contribution in [0, 0.1) is 0 Å². The summed E-state index contributed by atoms with van der Waals surface area (Å²) >= 11 is 0. The van der Waals surface area contributed by atoms with Crippen LogP contribution in [0.15, 0.2) is 47.6 Å². The van der Waals surface area contributed by atoms with Gasteiger partial charge in [-0.15, -0.1) is 0 Å². The summed E-state index contributed by atoms with van der Waals surface area (Å²) in [5.41, 5.74) is 8.06. The summed E-state index contributed by atoms with van der Waals surface area (Å²) in [5.74, 6) is 0.799. The second kappa shape index (κ2) is 8.94. The Morgan fingerprint density at radius 1 is 1.14 bits per heavy atom. The number of carbonyl (C=O) groups is 1. The average Bonchev–Trinajstić information content (AvgIpc) is 3.19. The van der Waals surface area contributed by atoms with Crippen molar-refractivity contribution in [3.8, 4) is 0 Å². The molecule has 4 rings (SSSR count). The van der Waals surface area contributed by atoms with Crippen molar-refractivity contribution in [2.45, 2.75) is 38.1 Å². The van der Waals surface area contributed by atoms with E-state index < -0.39 is 0 Å². The fourth-order valence-electron chi connectivity index (χ4n) is 3.71. The third-order valence-electron chi connectivity index (χ3n) is 5.40. The Labute approximate surface area is 171 Å². The highest BCUT2D eigenvalue weighted by molar-refractivity contribution is 6.04. The van der Waals surface area contributed by atoms with Gasteiger partial charge in [-0.1, -0.05) is 12.1 Å². The molecule has 0 saturated carbocycles. The molecule has 2 aromatic rings. The molecule has 1 unspecified atom stereocenters. The van der Waals surface area contributed by atoms with Gasteiger partial charge in [0.25, 0.3) is 11.9 Å². The van der Waals surface area contributed by atoms with E-state index in [4.69, 9.17) is 10.5 Å². The predicted octanol–water partition coefficient (Wildman–Crippen LogP) is 2.97. The van der Waals surface area contributed by atoms with E-state index in [0.717, 1.165) is 37.4 Å². The van der Waals surface area contributed by atoms with E-state index in [9.17, 15) is 4.79 Å². The number of anilines is 2. The lowest BCUT2D eigenvalue weighted by molar-refractivity contribution is 0.102. The van der Waals surface area contributed by atoms with Crippen LogP contribution in [0.2, 0.25) is 0 Å². The molecule has 1 saturated heterocycles. The van der Waals surface area contributed by atoms with E-state index in [-0.39, 0.29) is 18.0 Å². The molecule has 0 aliphatic carbocycles. The summed E-state index contributed by atoms with van der Waals surface area (Å²) in [6.45, 7) is 2.64. The zero-order valence-corrected chi connectivity index (χ0v) is 16.5. The highest BCUT2D eigenvalue weighted by atomic mass is 16.5. The smallest absolute Gasteiger partial charge is 0.282 e. The zero-order chi connectivity index (χ0) is 20.1. The monoisotopic (exact) mass is 393 g/mol. The summed E-state index contributed by atoms with van der Waals surface area (Å²) in [4.78, 5) is 23.5. The second-order valence-electron chi connectivity index (χ2n) is 7.57. The first-order valence-corrected chi connectivity index (χ1v) is 10.2.